The van der Waals surface area contributed by atoms with Gasteiger partial charge < -0.3 is 9.45 Å². The molecule has 1 N–H and O–H groups in total. The average molecular weight is 535 g/mol. The van der Waals surface area contributed by atoms with Crippen LogP contribution in [0.2, 0.25) is 5.02 Å². The Hall–Kier alpha value is -1.85. The molecule has 2 atom stereocenters. The number of nitrogens with zero attached hydrogens (tertiary/aromatic N) is 5. The van der Waals surface area contributed by atoms with Crippen molar-refractivity contribution in [3.63, 3.8) is 0 Å². The molecule has 11 heteroatoms. The summed E-state index contributed by atoms with van der Waals surface area (Å²) in [5.74, 6) is 0.365. The van der Waals surface area contributed by atoms with Gasteiger partial charge in [0.05, 0.1) is 23.1 Å². The van der Waals surface area contributed by atoms with Crippen LogP contribution in [0.15, 0.2) is 52.8 Å². The summed E-state index contributed by atoms with van der Waals surface area (Å²) in [5.41, 5.74) is 1.06. The molecule has 2 aliphatic heterocycles. The molecule has 7 nitrogen and oxygen atoms in total. The van der Waals surface area contributed by atoms with Gasteiger partial charge in [-0.2, -0.15) is 5.10 Å². The van der Waals surface area contributed by atoms with E-state index in [1.54, 1.807) is 24.5 Å². The minimum absolute atomic E-state index is 0.00640. The number of aromatic nitrogens is 4. The normalized spacial score (nSPS) is 20.3. The fourth-order valence-corrected chi connectivity index (χ4v) is 6.67. The summed E-state index contributed by atoms with van der Waals surface area (Å²) in [4.78, 5) is 12.0. The summed E-state index contributed by atoms with van der Waals surface area (Å²) in [7, 11) is 0. The van der Waals surface area contributed by atoms with E-state index < -0.39 is 17.2 Å². The van der Waals surface area contributed by atoms with Gasteiger partial charge >= 0.3 is 0 Å². The van der Waals surface area contributed by atoms with Crippen LogP contribution < -0.4 is 9.62 Å². The van der Waals surface area contributed by atoms with Gasteiger partial charge in [-0.15, -0.1) is 4.72 Å². The van der Waals surface area contributed by atoms with Crippen molar-refractivity contribution in [2.24, 2.45) is 5.41 Å². The first-order valence-electron chi connectivity index (χ1n) is 11.5. The Labute approximate surface area is 217 Å². The third kappa shape index (κ3) is 4.91. The van der Waals surface area contributed by atoms with Crippen LogP contribution in [-0.2, 0) is 17.9 Å². The molecule has 1 saturated heterocycles. The number of benzene rings is 1. The monoisotopic (exact) mass is 534 g/mol. The van der Waals surface area contributed by atoms with Crippen LogP contribution in [0.1, 0.15) is 45.3 Å². The maximum atomic E-state index is 13.7. The molecule has 0 amide bonds. The molecule has 1 fully saturated rings. The van der Waals surface area contributed by atoms with Gasteiger partial charge in [0.15, 0.2) is 0 Å². The minimum atomic E-state index is -1.18. The number of halogens is 2. The van der Waals surface area contributed by atoms with E-state index in [-0.39, 0.29) is 21.2 Å². The second-order valence-corrected chi connectivity index (χ2v) is 13.5. The highest BCUT2D eigenvalue weighted by molar-refractivity contribution is 7.99. The molecule has 1 unspecified atom stereocenters. The predicted molar refractivity (Wildman–Crippen MR) is 137 cm³/mol. The molecule has 2 aromatic heterocycles. The number of piperidine rings is 1. The highest BCUT2D eigenvalue weighted by Crippen LogP contribution is 2.50. The summed E-state index contributed by atoms with van der Waals surface area (Å²) >= 11 is 6.18. The molecule has 0 radical (unpaired) electrons. The van der Waals surface area contributed by atoms with Gasteiger partial charge in [-0.3, -0.25) is 4.68 Å². The van der Waals surface area contributed by atoms with Crippen LogP contribution in [0.4, 0.5) is 10.2 Å². The highest BCUT2D eigenvalue weighted by Gasteiger charge is 2.51. The van der Waals surface area contributed by atoms with E-state index in [0.717, 1.165) is 44.0 Å². The molecule has 186 valence electrons. The summed E-state index contributed by atoms with van der Waals surface area (Å²) in [6, 6.07) is 6.75. The Kier molecular flexibility index (Phi) is 6.78. The number of anilines is 1. The summed E-state index contributed by atoms with van der Waals surface area (Å²) in [6.45, 7) is 8.42. The summed E-state index contributed by atoms with van der Waals surface area (Å²) in [6.07, 6.45) is 7.13. The van der Waals surface area contributed by atoms with Gasteiger partial charge in [-0.25, -0.2) is 14.4 Å². The molecular weight excluding hydrogens is 507 g/mol. The van der Waals surface area contributed by atoms with Crippen molar-refractivity contribution < 1.29 is 8.94 Å². The van der Waals surface area contributed by atoms with Crippen molar-refractivity contribution in [2.45, 2.75) is 60.9 Å². The zero-order valence-corrected chi connectivity index (χ0v) is 22.3. The lowest BCUT2D eigenvalue weighted by Crippen LogP contribution is -2.50. The van der Waals surface area contributed by atoms with Gasteiger partial charge in [-0.05, 0) is 51.8 Å². The third-order valence-electron chi connectivity index (χ3n) is 6.73. The Bertz CT molecular complexity index is 1190. The molecule has 35 heavy (non-hydrogen) atoms. The highest BCUT2D eigenvalue weighted by atomic mass is 35.5. The van der Waals surface area contributed by atoms with Crippen molar-refractivity contribution in [3.8, 4) is 0 Å². The van der Waals surface area contributed by atoms with Crippen LogP contribution in [0.5, 0.6) is 0 Å². The Morgan fingerprint density at radius 1 is 1.20 bits per heavy atom. The van der Waals surface area contributed by atoms with Crippen LogP contribution in [0, 0.1) is 11.2 Å². The maximum absolute atomic E-state index is 13.7. The molecule has 2 aliphatic rings. The number of hydrogen-bond donors (Lipinski definition) is 1. The standard InChI is InChI=1S/C24H28ClFN6OS2/c1-23(2,3)35(33)30-22-17-7-10-29-32(17)15-24(22)8-11-31(12-9-24)19-13-28-20(14-27-19)34-18-6-4-5-16(26)21(18)25/h4-7,10,13-14,22,30H,8-9,11-12,15H2,1-3H3/t22-,35?/m1/s1. The van der Waals surface area contributed by atoms with Gasteiger partial charge in [0.2, 0.25) is 0 Å². The number of rotatable bonds is 5. The van der Waals surface area contributed by atoms with Crippen LogP contribution in [0.25, 0.3) is 0 Å². The molecule has 1 aromatic carbocycles. The molecule has 5 rings (SSSR count). The van der Waals surface area contributed by atoms with Crippen molar-refractivity contribution >= 4 is 40.5 Å². The fourth-order valence-electron chi connectivity index (χ4n) is 4.72. The SMILES string of the molecule is CC(C)(C)[S+]([O-])N[C@@H]1c2ccnn2CC12CCN(c1cnc(Sc3cccc(F)c3Cl)cn1)CC2. The molecular formula is C24H28ClFN6OS2. The Balaban J connectivity index is 1.27. The first kappa shape index (κ1) is 24.8. The summed E-state index contributed by atoms with van der Waals surface area (Å²) < 4.78 is 31.8. The molecule has 4 heterocycles. The quantitative estimate of drug-likeness (QED) is 0.461. The van der Waals surface area contributed by atoms with E-state index in [1.807, 2.05) is 33.0 Å². The smallest absolute Gasteiger partial charge is 0.147 e. The molecule has 0 bridgehead atoms. The van der Waals surface area contributed by atoms with E-state index >= 15 is 0 Å². The molecule has 1 spiro atoms. The summed E-state index contributed by atoms with van der Waals surface area (Å²) in [5, 5.41) is 5.26. The van der Waals surface area contributed by atoms with Crippen molar-refractivity contribution in [1.82, 2.24) is 24.5 Å². The number of hydrogen-bond acceptors (Lipinski definition) is 7. The second kappa shape index (κ2) is 9.55. The topological polar surface area (TPSA) is 81.9 Å². The van der Waals surface area contributed by atoms with Crippen LogP contribution in [-0.4, -0.2) is 42.1 Å². The molecule has 0 aliphatic carbocycles. The van der Waals surface area contributed by atoms with E-state index in [2.05, 4.69) is 29.4 Å². The van der Waals surface area contributed by atoms with Crippen molar-refractivity contribution in [1.29, 1.82) is 0 Å². The average Bonchev–Trinajstić information content (AvgIpc) is 3.38. The van der Waals surface area contributed by atoms with E-state index in [0.29, 0.717) is 9.92 Å². The van der Waals surface area contributed by atoms with E-state index in [4.69, 9.17) is 11.6 Å². The number of nitrogens with one attached hydrogen (secondary N) is 1. The molecule has 3 aromatic rings. The van der Waals surface area contributed by atoms with Gasteiger partial charge in [0.25, 0.3) is 0 Å². The fraction of sp³-hybridized carbons (Fsp3) is 0.458. The van der Waals surface area contributed by atoms with E-state index in [1.165, 1.54) is 17.8 Å². The first-order valence-corrected chi connectivity index (χ1v) is 13.9. The predicted octanol–water partition coefficient (Wildman–Crippen LogP) is 5.01. The largest absolute Gasteiger partial charge is 0.598 e. The van der Waals surface area contributed by atoms with Crippen LogP contribution >= 0.6 is 23.4 Å². The first-order chi connectivity index (χ1) is 16.7. The lowest BCUT2D eigenvalue weighted by atomic mass is 9.73. The maximum Gasteiger partial charge on any atom is 0.147 e. The van der Waals surface area contributed by atoms with E-state index in [9.17, 15) is 8.94 Å². The van der Waals surface area contributed by atoms with Crippen LogP contribution in [0.3, 0.4) is 0 Å². The number of fused-ring (bicyclic) bond motifs is 1. The van der Waals surface area contributed by atoms with Crippen molar-refractivity contribution in [2.75, 3.05) is 18.0 Å². The zero-order valence-electron chi connectivity index (χ0n) is 19.9. The van der Waals surface area contributed by atoms with Gasteiger partial charge in [0.1, 0.15) is 27.4 Å². The van der Waals surface area contributed by atoms with Gasteiger partial charge in [0, 0.05) is 47.5 Å². The lowest BCUT2D eigenvalue weighted by molar-refractivity contribution is 0.160. The Morgan fingerprint density at radius 3 is 2.66 bits per heavy atom. The Morgan fingerprint density at radius 2 is 1.97 bits per heavy atom. The third-order valence-corrected chi connectivity index (χ3v) is 9.77. The zero-order chi connectivity index (χ0) is 24.8. The van der Waals surface area contributed by atoms with Crippen molar-refractivity contribution in [3.05, 3.63) is 59.4 Å². The molecule has 0 saturated carbocycles. The minimum Gasteiger partial charge on any atom is -0.598 e. The van der Waals surface area contributed by atoms with Gasteiger partial charge in [-0.1, -0.05) is 29.4 Å². The lowest BCUT2D eigenvalue weighted by Gasteiger charge is -2.43. The second-order valence-electron chi connectivity index (χ2n) is 10.1.